The van der Waals surface area contributed by atoms with Crippen molar-refractivity contribution in [2.24, 2.45) is 7.05 Å². The summed E-state index contributed by atoms with van der Waals surface area (Å²) in [6, 6.07) is 6.91. The third-order valence-corrected chi connectivity index (χ3v) is 2.88. The van der Waals surface area contributed by atoms with Gasteiger partial charge in [-0.05, 0) is 12.1 Å². The average Bonchev–Trinajstić information content (AvgIpc) is 2.85. The van der Waals surface area contributed by atoms with Crippen LogP contribution in [-0.4, -0.2) is 23.5 Å². The van der Waals surface area contributed by atoms with Crippen LogP contribution in [0, 0.1) is 0 Å². The van der Waals surface area contributed by atoms with Crippen LogP contribution < -0.4 is 14.8 Å². The van der Waals surface area contributed by atoms with E-state index in [1.165, 1.54) is 7.11 Å². The van der Waals surface area contributed by atoms with Crippen molar-refractivity contribution in [3.05, 3.63) is 41.7 Å². The first-order valence-corrected chi connectivity index (χ1v) is 6.40. The van der Waals surface area contributed by atoms with Gasteiger partial charge >= 0.3 is 6.61 Å². The summed E-state index contributed by atoms with van der Waals surface area (Å²) in [5, 5.41) is 7.36. The van der Waals surface area contributed by atoms with E-state index < -0.39 is 6.61 Å². The molecule has 0 saturated heterocycles. The van der Waals surface area contributed by atoms with Gasteiger partial charge in [-0.3, -0.25) is 4.68 Å². The number of aromatic nitrogens is 2. The number of alkyl halides is 2. The molecule has 0 fully saturated rings. The molecule has 0 unspecified atom stereocenters. The number of halogens is 2. The van der Waals surface area contributed by atoms with Crippen LogP contribution in [0.1, 0.15) is 11.3 Å². The van der Waals surface area contributed by atoms with Crippen LogP contribution in [0.2, 0.25) is 0 Å². The van der Waals surface area contributed by atoms with Crippen molar-refractivity contribution < 1.29 is 18.3 Å². The van der Waals surface area contributed by atoms with Gasteiger partial charge in [-0.2, -0.15) is 13.9 Å². The second kappa shape index (κ2) is 7.03. The zero-order valence-corrected chi connectivity index (χ0v) is 11.8. The molecule has 0 aliphatic carbocycles. The average molecular weight is 297 g/mol. The highest BCUT2D eigenvalue weighted by Crippen LogP contribution is 2.32. The highest BCUT2D eigenvalue weighted by atomic mass is 19.3. The first kappa shape index (κ1) is 15.2. The lowest BCUT2D eigenvalue weighted by atomic mass is 10.2. The molecule has 1 N–H and O–H groups in total. The molecular formula is C14H17F2N3O2. The van der Waals surface area contributed by atoms with Crippen LogP contribution >= 0.6 is 0 Å². The Hall–Kier alpha value is -2.15. The van der Waals surface area contributed by atoms with Crippen LogP contribution in [-0.2, 0) is 20.1 Å². The Kier molecular flexibility index (Phi) is 5.10. The van der Waals surface area contributed by atoms with Gasteiger partial charge < -0.3 is 14.8 Å². The summed E-state index contributed by atoms with van der Waals surface area (Å²) in [7, 11) is 3.25. The predicted octanol–water partition coefficient (Wildman–Crippen LogP) is 2.32. The molecule has 0 radical (unpaired) electrons. The van der Waals surface area contributed by atoms with Crippen molar-refractivity contribution in [1.29, 1.82) is 0 Å². The minimum atomic E-state index is -2.89. The SMILES string of the molecule is COc1cccc(CNCc2ccn(C)n2)c1OC(F)F. The molecule has 21 heavy (non-hydrogen) atoms. The Bertz CT molecular complexity index is 587. The Morgan fingerprint density at radius 3 is 2.71 bits per heavy atom. The van der Waals surface area contributed by atoms with E-state index in [9.17, 15) is 8.78 Å². The van der Waals surface area contributed by atoms with Gasteiger partial charge in [0, 0.05) is 31.9 Å². The monoisotopic (exact) mass is 297 g/mol. The first-order valence-electron chi connectivity index (χ1n) is 6.40. The summed E-state index contributed by atoms with van der Waals surface area (Å²) < 4.78 is 36.3. The third kappa shape index (κ3) is 4.16. The fourth-order valence-electron chi connectivity index (χ4n) is 1.97. The summed E-state index contributed by atoms with van der Waals surface area (Å²) in [4.78, 5) is 0. The highest BCUT2D eigenvalue weighted by Gasteiger charge is 2.15. The van der Waals surface area contributed by atoms with Crippen molar-refractivity contribution in [3.8, 4) is 11.5 Å². The van der Waals surface area contributed by atoms with Crippen molar-refractivity contribution >= 4 is 0 Å². The van der Waals surface area contributed by atoms with Gasteiger partial charge in [0.1, 0.15) is 0 Å². The van der Waals surface area contributed by atoms with Crippen LogP contribution in [0.5, 0.6) is 11.5 Å². The number of nitrogens with one attached hydrogen (secondary N) is 1. The van der Waals surface area contributed by atoms with Gasteiger partial charge in [-0.15, -0.1) is 0 Å². The number of methoxy groups -OCH3 is 1. The maximum atomic E-state index is 12.5. The third-order valence-electron chi connectivity index (χ3n) is 2.88. The van der Waals surface area contributed by atoms with E-state index in [-0.39, 0.29) is 11.5 Å². The molecule has 1 aromatic heterocycles. The van der Waals surface area contributed by atoms with Gasteiger partial charge in [0.15, 0.2) is 11.5 Å². The van der Waals surface area contributed by atoms with E-state index in [0.717, 1.165) is 5.69 Å². The summed E-state index contributed by atoms with van der Waals surface area (Å²) in [5.41, 5.74) is 1.47. The molecule has 114 valence electrons. The number of ether oxygens (including phenoxy) is 2. The maximum Gasteiger partial charge on any atom is 0.387 e. The van der Waals surface area contributed by atoms with Crippen LogP contribution in [0.3, 0.4) is 0 Å². The van der Waals surface area contributed by atoms with E-state index in [1.807, 2.05) is 19.3 Å². The molecule has 0 amide bonds. The summed E-state index contributed by atoms with van der Waals surface area (Å²) in [6.07, 6.45) is 1.84. The topological polar surface area (TPSA) is 48.3 Å². The molecule has 2 aromatic rings. The quantitative estimate of drug-likeness (QED) is 0.852. The van der Waals surface area contributed by atoms with Gasteiger partial charge in [0.2, 0.25) is 0 Å². The molecule has 0 bridgehead atoms. The molecule has 0 aliphatic rings. The van der Waals surface area contributed by atoms with Gasteiger partial charge in [0.25, 0.3) is 0 Å². The molecule has 0 spiro atoms. The fourth-order valence-corrected chi connectivity index (χ4v) is 1.97. The van der Waals surface area contributed by atoms with Crippen LogP contribution in [0.4, 0.5) is 8.78 Å². The summed E-state index contributed by atoms with van der Waals surface area (Å²) >= 11 is 0. The number of nitrogens with zero attached hydrogens (tertiary/aromatic N) is 2. The Morgan fingerprint density at radius 1 is 1.29 bits per heavy atom. The fraction of sp³-hybridized carbons (Fsp3) is 0.357. The largest absolute Gasteiger partial charge is 0.493 e. The van der Waals surface area contributed by atoms with E-state index in [2.05, 4.69) is 15.2 Å². The minimum Gasteiger partial charge on any atom is -0.493 e. The first-order chi connectivity index (χ1) is 10.1. The van der Waals surface area contributed by atoms with E-state index in [1.54, 1.807) is 22.9 Å². The van der Waals surface area contributed by atoms with Crippen molar-refractivity contribution in [2.45, 2.75) is 19.7 Å². The Morgan fingerprint density at radius 2 is 2.10 bits per heavy atom. The summed E-state index contributed by atoms with van der Waals surface area (Å²) in [6.45, 7) is -1.99. The molecule has 1 heterocycles. The van der Waals surface area contributed by atoms with Gasteiger partial charge in [-0.1, -0.05) is 12.1 Å². The van der Waals surface area contributed by atoms with E-state index >= 15 is 0 Å². The van der Waals surface area contributed by atoms with Crippen molar-refractivity contribution in [3.63, 3.8) is 0 Å². The molecular weight excluding hydrogens is 280 g/mol. The van der Waals surface area contributed by atoms with Crippen molar-refractivity contribution in [1.82, 2.24) is 15.1 Å². The van der Waals surface area contributed by atoms with Crippen LogP contribution in [0.15, 0.2) is 30.5 Å². The Labute approximate surface area is 121 Å². The molecule has 1 aromatic carbocycles. The molecule has 0 aliphatic heterocycles. The Balaban J connectivity index is 2.04. The lowest BCUT2D eigenvalue weighted by Crippen LogP contribution is -2.15. The standard InChI is InChI=1S/C14H17F2N3O2/c1-19-7-6-11(18-19)9-17-8-10-4-3-5-12(20-2)13(10)21-14(15)16/h3-7,14,17H,8-9H2,1-2H3. The maximum absolute atomic E-state index is 12.5. The van der Waals surface area contributed by atoms with Crippen LogP contribution in [0.25, 0.3) is 0 Å². The second-order valence-corrected chi connectivity index (χ2v) is 4.41. The normalized spacial score (nSPS) is 10.9. The lowest BCUT2D eigenvalue weighted by molar-refractivity contribution is -0.0518. The predicted molar refractivity (Wildman–Crippen MR) is 73.4 cm³/mol. The van der Waals surface area contributed by atoms with E-state index in [4.69, 9.17) is 4.74 Å². The number of hydrogen-bond acceptors (Lipinski definition) is 4. The molecule has 2 rings (SSSR count). The number of rotatable bonds is 7. The van der Waals surface area contributed by atoms with Gasteiger partial charge in [0.05, 0.1) is 12.8 Å². The molecule has 0 saturated carbocycles. The smallest absolute Gasteiger partial charge is 0.387 e. The van der Waals surface area contributed by atoms with E-state index in [0.29, 0.717) is 18.7 Å². The molecule has 5 nitrogen and oxygen atoms in total. The lowest BCUT2D eigenvalue weighted by Gasteiger charge is -2.14. The number of benzene rings is 1. The number of hydrogen-bond donors (Lipinski definition) is 1. The minimum absolute atomic E-state index is 0.0588. The highest BCUT2D eigenvalue weighted by molar-refractivity contribution is 5.46. The summed E-state index contributed by atoms with van der Waals surface area (Å²) in [5.74, 6) is 0.343. The zero-order chi connectivity index (χ0) is 15.2. The molecule has 0 atom stereocenters. The zero-order valence-electron chi connectivity index (χ0n) is 11.8. The van der Waals surface area contributed by atoms with Crippen molar-refractivity contribution in [2.75, 3.05) is 7.11 Å². The number of aryl methyl sites for hydroxylation is 1. The molecule has 7 heteroatoms. The number of para-hydroxylation sites is 1. The van der Waals surface area contributed by atoms with Gasteiger partial charge in [-0.25, -0.2) is 0 Å². The second-order valence-electron chi connectivity index (χ2n) is 4.41.